The van der Waals surface area contributed by atoms with Crippen LogP contribution in [0.15, 0.2) is 0 Å². The lowest BCUT2D eigenvalue weighted by Gasteiger charge is -2.29. The molecule has 0 aliphatic heterocycles. The molecule has 0 fully saturated rings. The molecule has 1 atom stereocenters. The molecule has 0 bridgehead atoms. The van der Waals surface area contributed by atoms with Crippen LogP contribution in [0.2, 0.25) is 0 Å². The molecule has 0 rings (SSSR count). The zero-order valence-corrected chi connectivity index (χ0v) is 10.0. The average molecular weight is 203 g/mol. The third-order valence-corrected chi connectivity index (χ3v) is 2.53. The Bertz CT molecular complexity index is 137. The number of rotatable bonds is 8. The highest BCUT2D eigenvalue weighted by Gasteiger charge is 2.20. The maximum absolute atomic E-state index is 9.90. The van der Waals surface area contributed by atoms with Gasteiger partial charge in [0.15, 0.2) is 0 Å². The Hall–Kier alpha value is -0.120. The number of ether oxygens (including phenoxy) is 1. The zero-order valence-electron chi connectivity index (χ0n) is 10.0. The summed E-state index contributed by atoms with van der Waals surface area (Å²) >= 11 is 0. The van der Waals surface area contributed by atoms with Crippen LogP contribution in [0.5, 0.6) is 0 Å². The molecule has 0 amide bonds. The van der Waals surface area contributed by atoms with Crippen LogP contribution in [0.25, 0.3) is 0 Å². The van der Waals surface area contributed by atoms with Crippen molar-refractivity contribution in [3.8, 4) is 0 Å². The van der Waals surface area contributed by atoms with Gasteiger partial charge in [0.1, 0.15) is 0 Å². The fraction of sp³-hybridized carbons (Fsp3) is 1.00. The highest BCUT2D eigenvalue weighted by molar-refractivity contribution is 4.75. The maximum atomic E-state index is 9.90. The number of hydrogen-bond acceptors (Lipinski definition) is 3. The summed E-state index contributed by atoms with van der Waals surface area (Å²) in [5.74, 6) is 0. The quantitative estimate of drug-likeness (QED) is 0.607. The molecular formula is C11H25NO2. The number of nitrogens with zero attached hydrogens (tertiary/aromatic N) is 1. The lowest BCUT2D eigenvalue weighted by atomic mass is 10.0. The molecule has 86 valence electrons. The van der Waals surface area contributed by atoms with E-state index in [1.54, 1.807) is 0 Å². The molecule has 0 aromatic rings. The van der Waals surface area contributed by atoms with Crippen LogP contribution in [0.3, 0.4) is 0 Å². The smallest absolute Gasteiger partial charge is 0.0743 e. The minimum absolute atomic E-state index is 0.567. The maximum Gasteiger partial charge on any atom is 0.0743 e. The third-order valence-electron chi connectivity index (χ3n) is 2.53. The molecule has 0 aromatic heterocycles. The summed E-state index contributed by atoms with van der Waals surface area (Å²) < 4.78 is 5.29. The first-order valence-electron chi connectivity index (χ1n) is 5.58. The van der Waals surface area contributed by atoms with Gasteiger partial charge in [-0.3, -0.25) is 4.90 Å². The van der Waals surface area contributed by atoms with Crippen molar-refractivity contribution >= 4 is 0 Å². The molecule has 0 saturated carbocycles. The highest BCUT2D eigenvalue weighted by Crippen LogP contribution is 2.10. The molecule has 0 aliphatic rings. The van der Waals surface area contributed by atoms with Gasteiger partial charge in [-0.05, 0) is 26.8 Å². The van der Waals surface area contributed by atoms with Crippen LogP contribution in [0, 0.1) is 0 Å². The van der Waals surface area contributed by atoms with Gasteiger partial charge in [-0.2, -0.15) is 0 Å². The standard InChI is InChI=1S/C11H25NO2/c1-5-11(4,13)10-12(6-2)8-9-14-7-3/h13H,5-10H2,1-4H3. The number of likely N-dealkylation sites (N-methyl/N-ethyl adjacent to an activating group) is 1. The fourth-order valence-electron chi connectivity index (χ4n) is 1.28. The SMILES string of the molecule is CCOCCN(CC)CC(C)(O)CC. The Balaban J connectivity index is 3.78. The third kappa shape index (κ3) is 6.35. The van der Waals surface area contributed by atoms with Gasteiger partial charge in [0, 0.05) is 19.7 Å². The van der Waals surface area contributed by atoms with Crippen molar-refractivity contribution in [3.05, 3.63) is 0 Å². The van der Waals surface area contributed by atoms with E-state index in [4.69, 9.17) is 4.74 Å². The zero-order chi connectivity index (χ0) is 11.0. The summed E-state index contributed by atoms with van der Waals surface area (Å²) in [5, 5.41) is 9.90. The largest absolute Gasteiger partial charge is 0.389 e. The predicted molar refractivity (Wildman–Crippen MR) is 59.5 cm³/mol. The van der Waals surface area contributed by atoms with E-state index in [0.29, 0.717) is 0 Å². The van der Waals surface area contributed by atoms with Gasteiger partial charge in [-0.1, -0.05) is 13.8 Å². The van der Waals surface area contributed by atoms with E-state index in [1.807, 2.05) is 20.8 Å². The van der Waals surface area contributed by atoms with Crippen molar-refractivity contribution < 1.29 is 9.84 Å². The molecule has 0 aromatic carbocycles. The van der Waals surface area contributed by atoms with Crippen LogP contribution in [0.4, 0.5) is 0 Å². The Kier molecular flexibility index (Phi) is 7.15. The summed E-state index contributed by atoms with van der Waals surface area (Å²) in [6.07, 6.45) is 0.790. The number of hydrogen-bond donors (Lipinski definition) is 1. The second-order valence-corrected chi connectivity index (χ2v) is 3.92. The monoisotopic (exact) mass is 203 g/mol. The summed E-state index contributed by atoms with van der Waals surface area (Å²) in [6.45, 7) is 12.1. The molecule has 0 aliphatic carbocycles. The summed E-state index contributed by atoms with van der Waals surface area (Å²) in [4.78, 5) is 2.22. The van der Waals surface area contributed by atoms with Gasteiger partial charge in [0.25, 0.3) is 0 Å². The van der Waals surface area contributed by atoms with Crippen LogP contribution in [0.1, 0.15) is 34.1 Å². The minimum Gasteiger partial charge on any atom is -0.389 e. The van der Waals surface area contributed by atoms with E-state index in [9.17, 15) is 5.11 Å². The van der Waals surface area contributed by atoms with Crippen LogP contribution < -0.4 is 0 Å². The molecule has 0 saturated heterocycles. The topological polar surface area (TPSA) is 32.7 Å². The molecule has 0 spiro atoms. The van der Waals surface area contributed by atoms with Crippen molar-refractivity contribution in [2.24, 2.45) is 0 Å². The van der Waals surface area contributed by atoms with E-state index < -0.39 is 5.60 Å². The molecule has 3 heteroatoms. The Morgan fingerprint density at radius 1 is 1.29 bits per heavy atom. The molecule has 0 radical (unpaired) electrons. The molecule has 1 N–H and O–H groups in total. The molecule has 3 nitrogen and oxygen atoms in total. The second kappa shape index (κ2) is 7.21. The minimum atomic E-state index is -0.567. The van der Waals surface area contributed by atoms with E-state index >= 15 is 0 Å². The first kappa shape index (κ1) is 13.9. The molecule has 14 heavy (non-hydrogen) atoms. The molecule has 0 heterocycles. The summed E-state index contributed by atoms with van der Waals surface area (Å²) in [5.41, 5.74) is -0.567. The Labute approximate surface area is 88.1 Å². The van der Waals surface area contributed by atoms with E-state index in [0.717, 1.165) is 39.3 Å². The lowest BCUT2D eigenvalue weighted by molar-refractivity contribution is 0.00901. The van der Waals surface area contributed by atoms with Crippen molar-refractivity contribution in [3.63, 3.8) is 0 Å². The predicted octanol–water partition coefficient (Wildman–Crippen LogP) is 1.51. The van der Waals surface area contributed by atoms with Crippen molar-refractivity contribution in [1.29, 1.82) is 0 Å². The first-order chi connectivity index (χ1) is 6.55. The summed E-state index contributed by atoms with van der Waals surface area (Å²) in [6, 6.07) is 0. The van der Waals surface area contributed by atoms with Gasteiger partial charge in [0.2, 0.25) is 0 Å². The Morgan fingerprint density at radius 3 is 2.36 bits per heavy atom. The second-order valence-electron chi connectivity index (χ2n) is 3.92. The molecular weight excluding hydrogens is 178 g/mol. The Morgan fingerprint density at radius 2 is 1.93 bits per heavy atom. The lowest BCUT2D eigenvalue weighted by Crippen LogP contribution is -2.41. The van der Waals surface area contributed by atoms with Gasteiger partial charge in [0.05, 0.1) is 12.2 Å². The fourth-order valence-corrected chi connectivity index (χ4v) is 1.28. The first-order valence-corrected chi connectivity index (χ1v) is 5.58. The van der Waals surface area contributed by atoms with Crippen LogP contribution in [-0.4, -0.2) is 48.5 Å². The van der Waals surface area contributed by atoms with E-state index in [2.05, 4.69) is 11.8 Å². The number of aliphatic hydroxyl groups is 1. The molecule has 1 unspecified atom stereocenters. The average Bonchev–Trinajstić information content (AvgIpc) is 2.16. The van der Waals surface area contributed by atoms with Gasteiger partial charge < -0.3 is 9.84 Å². The van der Waals surface area contributed by atoms with E-state index in [-0.39, 0.29) is 0 Å². The van der Waals surface area contributed by atoms with Crippen LogP contribution in [-0.2, 0) is 4.74 Å². The highest BCUT2D eigenvalue weighted by atomic mass is 16.5. The van der Waals surface area contributed by atoms with Crippen molar-refractivity contribution in [2.45, 2.75) is 39.7 Å². The summed E-state index contributed by atoms with van der Waals surface area (Å²) in [7, 11) is 0. The van der Waals surface area contributed by atoms with Crippen molar-refractivity contribution in [1.82, 2.24) is 4.90 Å². The van der Waals surface area contributed by atoms with Crippen molar-refractivity contribution in [2.75, 3.05) is 32.8 Å². The van der Waals surface area contributed by atoms with Gasteiger partial charge >= 0.3 is 0 Å². The van der Waals surface area contributed by atoms with Crippen LogP contribution >= 0.6 is 0 Å². The van der Waals surface area contributed by atoms with E-state index in [1.165, 1.54) is 0 Å². The van der Waals surface area contributed by atoms with Gasteiger partial charge in [-0.25, -0.2) is 0 Å². The normalized spacial score (nSPS) is 15.9. The van der Waals surface area contributed by atoms with Gasteiger partial charge in [-0.15, -0.1) is 0 Å².